The molecule has 0 aromatic heterocycles. The lowest BCUT2D eigenvalue weighted by atomic mass is 9.83. The van der Waals surface area contributed by atoms with Crippen LogP contribution in [-0.2, 0) is 9.13 Å². The molecule has 42 heavy (non-hydrogen) atoms. The third-order valence-corrected chi connectivity index (χ3v) is 5.70. The Morgan fingerprint density at radius 3 is 0.762 bits per heavy atom. The fourth-order valence-electron chi connectivity index (χ4n) is 4.27. The van der Waals surface area contributed by atoms with Crippen LogP contribution in [0.3, 0.4) is 0 Å². The molecule has 0 atom stereocenters. The van der Waals surface area contributed by atoms with Gasteiger partial charge in [0.1, 0.15) is 11.5 Å². The van der Waals surface area contributed by atoms with Crippen LogP contribution in [0, 0.1) is 0 Å². The van der Waals surface area contributed by atoms with Gasteiger partial charge in [-0.3, -0.25) is 0 Å². The highest BCUT2D eigenvalue weighted by Crippen LogP contribution is 2.55. The lowest BCUT2D eigenvalue weighted by Gasteiger charge is -2.23. The zero-order chi connectivity index (χ0) is 30.9. The molecule has 0 amide bonds. The highest BCUT2D eigenvalue weighted by atomic mass is 31.2. The quantitative estimate of drug-likeness (QED) is 0.113. The number of rotatable bonds is 4. The van der Waals surface area contributed by atoms with E-state index in [9.17, 15) is 10.2 Å². The monoisotopic (exact) mass is 610 g/mol. The van der Waals surface area contributed by atoms with Crippen LogP contribution in [0.2, 0.25) is 0 Å². The van der Waals surface area contributed by atoms with E-state index in [1.807, 2.05) is 121 Å². The topological polar surface area (TPSA) is 196 Å². The molecule has 0 saturated heterocycles. The van der Waals surface area contributed by atoms with Crippen LogP contribution in [0.5, 0.6) is 11.5 Å². The number of hydrogen-bond acceptors (Lipinski definition) is 4. The SMILES string of the molecule is O=P(O)(O)O.O=P(O)(O)O.Oc1c(-c2ccccc2)c(O)c(-c2ccccc2)c(-c2ccccc2)c1-c1ccccc1. The van der Waals surface area contributed by atoms with Crippen molar-refractivity contribution in [3.63, 3.8) is 0 Å². The van der Waals surface area contributed by atoms with Crippen molar-refractivity contribution in [2.45, 2.75) is 0 Å². The summed E-state index contributed by atoms with van der Waals surface area (Å²) >= 11 is 0. The molecule has 12 heteroatoms. The van der Waals surface area contributed by atoms with Gasteiger partial charge in [-0.15, -0.1) is 0 Å². The Kier molecular flexibility index (Phi) is 11.0. The summed E-state index contributed by atoms with van der Waals surface area (Å²) < 4.78 is 17.8. The minimum Gasteiger partial charge on any atom is -0.506 e. The first kappa shape index (κ1) is 32.4. The van der Waals surface area contributed by atoms with Gasteiger partial charge in [0.2, 0.25) is 0 Å². The minimum atomic E-state index is -4.64. The molecule has 5 rings (SSSR count). The maximum atomic E-state index is 11.6. The largest absolute Gasteiger partial charge is 0.506 e. The van der Waals surface area contributed by atoms with E-state index in [1.54, 1.807) is 0 Å². The van der Waals surface area contributed by atoms with Crippen molar-refractivity contribution in [1.82, 2.24) is 0 Å². The standard InChI is InChI=1S/C30H22O2.2H3O4P/c31-29-26(22-15-7-2-8-16-22)25(21-13-5-1-6-14-21)27(23-17-9-3-10-18-23)30(32)28(29)24-19-11-4-12-20-24;2*1-5(2,3)4/h1-20,31-32H;2*(H3,1,2,3,4). The lowest BCUT2D eigenvalue weighted by molar-refractivity contribution is 0.272. The lowest BCUT2D eigenvalue weighted by Crippen LogP contribution is -1.95. The summed E-state index contributed by atoms with van der Waals surface area (Å²) in [5, 5.41) is 23.3. The van der Waals surface area contributed by atoms with Gasteiger partial charge in [0.25, 0.3) is 0 Å². The zero-order valence-electron chi connectivity index (χ0n) is 21.8. The van der Waals surface area contributed by atoms with Crippen molar-refractivity contribution in [2.24, 2.45) is 0 Å². The zero-order valence-corrected chi connectivity index (χ0v) is 23.6. The molecule has 0 heterocycles. The van der Waals surface area contributed by atoms with Crippen LogP contribution in [0.15, 0.2) is 121 Å². The molecule has 0 bridgehead atoms. The molecule has 5 aromatic rings. The molecule has 0 unspecified atom stereocenters. The van der Waals surface area contributed by atoms with Crippen molar-refractivity contribution in [1.29, 1.82) is 0 Å². The average molecular weight is 610 g/mol. The van der Waals surface area contributed by atoms with Crippen molar-refractivity contribution in [2.75, 3.05) is 0 Å². The summed E-state index contributed by atoms with van der Waals surface area (Å²) in [4.78, 5) is 43.1. The van der Waals surface area contributed by atoms with Gasteiger partial charge in [0.15, 0.2) is 0 Å². The fraction of sp³-hybridized carbons (Fsp3) is 0. The number of phenols is 2. The number of aromatic hydroxyl groups is 2. The van der Waals surface area contributed by atoms with Gasteiger partial charge >= 0.3 is 15.6 Å². The van der Waals surface area contributed by atoms with Crippen LogP contribution in [-0.4, -0.2) is 39.6 Å². The van der Waals surface area contributed by atoms with E-state index in [1.165, 1.54) is 0 Å². The van der Waals surface area contributed by atoms with Crippen LogP contribution in [0.25, 0.3) is 44.5 Å². The number of benzene rings is 5. The van der Waals surface area contributed by atoms with Crippen LogP contribution >= 0.6 is 15.6 Å². The Bertz CT molecular complexity index is 1580. The van der Waals surface area contributed by atoms with Gasteiger partial charge in [0.05, 0.1) is 5.56 Å². The maximum absolute atomic E-state index is 11.6. The number of phenolic OH excluding ortho intramolecular Hbond substituents is 2. The van der Waals surface area contributed by atoms with Crippen molar-refractivity contribution in [3.8, 4) is 56.0 Å². The highest BCUT2D eigenvalue weighted by Gasteiger charge is 2.27. The molecule has 8 N–H and O–H groups in total. The Morgan fingerprint density at radius 2 is 0.524 bits per heavy atom. The minimum absolute atomic E-state index is 0.0680. The summed E-state index contributed by atoms with van der Waals surface area (Å²) in [6.07, 6.45) is 0. The molecule has 10 nitrogen and oxygen atoms in total. The molecule has 218 valence electrons. The summed E-state index contributed by atoms with van der Waals surface area (Å²) in [5.74, 6) is 0.136. The Hall–Kier alpha value is -4.08. The molecule has 5 aromatic carbocycles. The maximum Gasteiger partial charge on any atom is 0.466 e. The van der Waals surface area contributed by atoms with Crippen molar-refractivity contribution in [3.05, 3.63) is 121 Å². The van der Waals surface area contributed by atoms with Crippen LogP contribution in [0.4, 0.5) is 0 Å². The molecule has 0 aliphatic carbocycles. The van der Waals surface area contributed by atoms with Gasteiger partial charge < -0.3 is 39.6 Å². The Balaban J connectivity index is 0.000000420. The molecule has 0 aliphatic rings. The first-order chi connectivity index (χ1) is 19.8. The van der Waals surface area contributed by atoms with Gasteiger partial charge in [-0.05, 0) is 22.3 Å². The van der Waals surface area contributed by atoms with E-state index < -0.39 is 15.6 Å². The van der Waals surface area contributed by atoms with E-state index in [0.717, 1.165) is 27.8 Å². The summed E-state index contributed by atoms with van der Waals surface area (Å²) in [6.45, 7) is 0. The van der Waals surface area contributed by atoms with Gasteiger partial charge in [-0.1, -0.05) is 121 Å². The fourth-order valence-corrected chi connectivity index (χ4v) is 4.27. The number of hydrogen-bond donors (Lipinski definition) is 8. The van der Waals surface area contributed by atoms with Gasteiger partial charge in [-0.25, -0.2) is 9.13 Å². The van der Waals surface area contributed by atoms with E-state index >= 15 is 0 Å². The van der Waals surface area contributed by atoms with Gasteiger partial charge in [-0.2, -0.15) is 0 Å². The second kappa shape index (κ2) is 14.2. The molecule has 0 spiro atoms. The van der Waals surface area contributed by atoms with E-state index in [2.05, 4.69) is 0 Å². The smallest absolute Gasteiger partial charge is 0.466 e. The molecule has 0 radical (unpaired) electrons. The molecular formula is C30H28O10P2. The van der Waals surface area contributed by atoms with Gasteiger partial charge in [0, 0.05) is 16.7 Å². The van der Waals surface area contributed by atoms with E-state index in [4.69, 9.17) is 38.5 Å². The third-order valence-electron chi connectivity index (χ3n) is 5.70. The molecular weight excluding hydrogens is 582 g/mol. The normalized spacial score (nSPS) is 11.0. The van der Waals surface area contributed by atoms with Crippen molar-refractivity contribution >= 4 is 15.6 Å². The van der Waals surface area contributed by atoms with Crippen LogP contribution in [0.1, 0.15) is 0 Å². The second-order valence-electron chi connectivity index (χ2n) is 8.69. The first-order valence-corrected chi connectivity index (χ1v) is 15.3. The van der Waals surface area contributed by atoms with Crippen molar-refractivity contribution < 1.29 is 48.7 Å². The Morgan fingerprint density at radius 1 is 0.333 bits per heavy atom. The van der Waals surface area contributed by atoms with E-state index in [-0.39, 0.29) is 11.5 Å². The molecule has 0 aliphatic heterocycles. The first-order valence-electron chi connectivity index (χ1n) is 12.2. The van der Waals surface area contributed by atoms with E-state index in [0.29, 0.717) is 16.7 Å². The average Bonchev–Trinajstić information content (AvgIpc) is 2.93. The predicted octanol–water partition coefficient (Wildman–Crippen LogP) is 5.91. The predicted molar refractivity (Wildman–Crippen MR) is 160 cm³/mol. The summed E-state index contributed by atoms with van der Waals surface area (Å²) in [5.41, 5.74) is 6.10. The molecule has 0 saturated carbocycles. The third kappa shape index (κ3) is 9.49. The Labute approximate surface area is 241 Å². The van der Waals surface area contributed by atoms with Crippen LogP contribution < -0.4 is 0 Å². The molecule has 0 fully saturated rings. The summed E-state index contributed by atoms with van der Waals surface area (Å²) in [6, 6.07) is 39.2. The number of phosphoric acid groups is 2. The highest BCUT2D eigenvalue weighted by molar-refractivity contribution is 7.45. The summed E-state index contributed by atoms with van der Waals surface area (Å²) in [7, 11) is -9.28. The second-order valence-corrected chi connectivity index (χ2v) is 10.7.